The number of nitrogens with zero attached hydrogens (tertiary/aromatic N) is 1. The number of carbonyl (C=O) groups excluding carboxylic acids is 1. The molecule has 0 saturated carbocycles. The summed E-state index contributed by atoms with van der Waals surface area (Å²) in [6.45, 7) is 1.43. The average Bonchev–Trinajstić information content (AvgIpc) is 2.93. The fraction of sp³-hybridized carbons (Fsp3) is 0.889. The molecule has 0 aromatic heterocycles. The van der Waals surface area contributed by atoms with Gasteiger partial charge in [0.1, 0.15) is 8.28 Å². The summed E-state index contributed by atoms with van der Waals surface area (Å²) in [5.74, 6) is -38.5. The van der Waals surface area contributed by atoms with Gasteiger partial charge in [-0.1, -0.05) is 88.7 Å². The lowest BCUT2D eigenvalue weighted by atomic mass is 9.93. The monoisotopic (exact) mass is 749 g/mol. The van der Waals surface area contributed by atoms with E-state index in [1.165, 1.54) is 25.7 Å². The number of hydrogen-bond acceptors (Lipinski definition) is 6. The van der Waals surface area contributed by atoms with Crippen molar-refractivity contribution in [2.45, 2.75) is 138 Å². The molecule has 0 aromatic rings. The Kier molecular flexibility index (Phi) is 18.1. The number of halogens is 13. The second-order valence-corrected chi connectivity index (χ2v) is 14.5. The lowest BCUT2D eigenvalue weighted by Crippen LogP contribution is -2.70. The van der Waals surface area contributed by atoms with Gasteiger partial charge in [-0.3, -0.25) is 4.79 Å². The van der Waals surface area contributed by atoms with Gasteiger partial charge in [-0.05, 0) is 25.5 Å². The molecule has 0 bridgehead atoms. The van der Waals surface area contributed by atoms with Crippen molar-refractivity contribution < 1.29 is 66.6 Å². The van der Waals surface area contributed by atoms with Crippen LogP contribution < -0.4 is 0 Å². The van der Waals surface area contributed by atoms with Crippen LogP contribution in [0.3, 0.4) is 0 Å². The first-order valence-corrected chi connectivity index (χ1v) is 16.5. The van der Waals surface area contributed by atoms with E-state index in [1.807, 2.05) is 0 Å². The van der Waals surface area contributed by atoms with Crippen LogP contribution in [0.5, 0.6) is 0 Å². The third-order valence-corrected chi connectivity index (χ3v) is 9.74. The first kappa shape index (κ1) is 44.8. The van der Waals surface area contributed by atoms with Crippen molar-refractivity contribution in [2.75, 3.05) is 12.4 Å². The van der Waals surface area contributed by atoms with Crippen LogP contribution in [0.25, 0.3) is 0 Å². The van der Waals surface area contributed by atoms with Crippen molar-refractivity contribution in [2.24, 2.45) is 0 Å². The predicted octanol–water partition coefficient (Wildman–Crippen LogP) is 11.4. The lowest BCUT2D eigenvalue weighted by molar-refractivity contribution is -0.440. The van der Waals surface area contributed by atoms with Gasteiger partial charge in [0.05, 0.1) is 19.1 Å². The second kappa shape index (κ2) is 18.6. The number of ether oxygens (including phenoxy) is 1. The Labute approximate surface area is 273 Å². The zero-order chi connectivity index (χ0) is 36.1. The summed E-state index contributed by atoms with van der Waals surface area (Å²) in [7, 11) is 0. The molecule has 0 aliphatic rings. The summed E-state index contributed by atoms with van der Waals surface area (Å²) in [4.78, 5) is 12.7. The van der Waals surface area contributed by atoms with Gasteiger partial charge in [-0.25, -0.2) is 0 Å². The van der Waals surface area contributed by atoms with Crippen LogP contribution in [-0.2, 0) is 9.53 Å². The summed E-state index contributed by atoms with van der Waals surface area (Å²) in [5, 5.41) is 8.90. The van der Waals surface area contributed by atoms with Gasteiger partial charge >= 0.3 is 41.8 Å². The van der Waals surface area contributed by atoms with Crippen LogP contribution in [0.2, 0.25) is 0 Å². The van der Waals surface area contributed by atoms with Crippen molar-refractivity contribution in [3.63, 3.8) is 0 Å². The number of thioether (sulfide) groups is 2. The normalized spacial score (nSPS) is 14.9. The standard InChI is InChI=1S/C27H36F13NO2S3/c1-3-4-5-6-7-8-9-10-11-12-18-45-20(44)46-21(2,14-13-16-41)19(42)43-17-15-22(28,29)23(30,31)24(32,33)25(34,35)26(36,37)27(38,39)40/h3-15,17-18H2,1-2H3. The van der Waals surface area contributed by atoms with Crippen LogP contribution in [-0.4, -0.2) is 62.4 Å². The van der Waals surface area contributed by atoms with Crippen molar-refractivity contribution >= 4 is 45.2 Å². The number of thiocarbonyl (C=S) groups is 1. The SMILES string of the molecule is CCCCCCCCCCCCSC(=S)SC(C)(CCC#N)C(=O)OCCC(F)(F)C(F)(F)C(F)(F)C(F)(F)C(F)(F)C(F)(F)F. The van der Waals surface area contributed by atoms with Gasteiger partial charge < -0.3 is 4.74 Å². The number of carbonyl (C=O) groups is 1. The van der Waals surface area contributed by atoms with Gasteiger partial charge in [0.2, 0.25) is 0 Å². The fourth-order valence-electron chi connectivity index (χ4n) is 3.83. The van der Waals surface area contributed by atoms with Crippen LogP contribution in [0.1, 0.15) is 97.3 Å². The third kappa shape index (κ3) is 11.8. The minimum atomic E-state index is -8.00. The highest BCUT2D eigenvalue weighted by Gasteiger charge is 2.90. The molecule has 270 valence electrons. The zero-order valence-electron chi connectivity index (χ0n) is 25.0. The first-order chi connectivity index (χ1) is 20.9. The molecule has 0 saturated heterocycles. The van der Waals surface area contributed by atoms with Gasteiger partial charge in [0.15, 0.2) is 0 Å². The smallest absolute Gasteiger partial charge is 0.460 e. The highest BCUT2D eigenvalue weighted by atomic mass is 32.2. The molecular weight excluding hydrogens is 713 g/mol. The Morgan fingerprint density at radius 3 is 1.63 bits per heavy atom. The van der Waals surface area contributed by atoms with E-state index >= 15 is 0 Å². The van der Waals surface area contributed by atoms with E-state index in [1.54, 1.807) is 6.07 Å². The van der Waals surface area contributed by atoms with Crippen LogP contribution in [0.4, 0.5) is 57.1 Å². The molecule has 0 heterocycles. The molecule has 1 unspecified atom stereocenters. The quantitative estimate of drug-likeness (QED) is 0.0475. The van der Waals surface area contributed by atoms with Crippen LogP contribution >= 0.6 is 35.7 Å². The molecule has 0 fully saturated rings. The predicted molar refractivity (Wildman–Crippen MR) is 154 cm³/mol. The molecule has 0 amide bonds. The van der Waals surface area contributed by atoms with E-state index in [0.29, 0.717) is 17.5 Å². The summed E-state index contributed by atoms with van der Waals surface area (Å²) in [6.07, 6.45) is 0.0219. The summed E-state index contributed by atoms with van der Waals surface area (Å²) < 4.78 is 176. The molecule has 46 heavy (non-hydrogen) atoms. The molecule has 19 heteroatoms. The highest BCUT2D eigenvalue weighted by molar-refractivity contribution is 8.47. The van der Waals surface area contributed by atoms with Crippen molar-refractivity contribution in [3.05, 3.63) is 0 Å². The van der Waals surface area contributed by atoms with Crippen molar-refractivity contribution in [1.29, 1.82) is 5.26 Å². The number of alkyl halides is 13. The highest BCUT2D eigenvalue weighted by Crippen LogP contribution is 2.60. The van der Waals surface area contributed by atoms with Crippen molar-refractivity contribution in [3.8, 4) is 6.07 Å². The van der Waals surface area contributed by atoms with Gasteiger partial charge in [-0.2, -0.15) is 62.3 Å². The molecule has 0 aliphatic carbocycles. The van der Waals surface area contributed by atoms with E-state index in [4.69, 9.17) is 17.5 Å². The van der Waals surface area contributed by atoms with Crippen LogP contribution in [0.15, 0.2) is 0 Å². The molecule has 0 radical (unpaired) electrons. The van der Waals surface area contributed by atoms with Crippen LogP contribution in [0, 0.1) is 11.3 Å². The number of esters is 1. The Hall–Kier alpha value is -1.16. The Balaban J connectivity index is 5.21. The van der Waals surface area contributed by atoms with E-state index in [9.17, 15) is 61.9 Å². The van der Waals surface area contributed by atoms with E-state index in [0.717, 1.165) is 57.2 Å². The largest absolute Gasteiger partial charge is 0.464 e. The summed E-state index contributed by atoms with van der Waals surface area (Å²) in [6, 6.07) is 1.71. The van der Waals surface area contributed by atoms with E-state index < -0.39 is 59.5 Å². The fourth-order valence-corrected chi connectivity index (χ4v) is 6.90. The number of hydrogen-bond donors (Lipinski definition) is 0. The number of unbranched alkanes of at least 4 members (excludes halogenated alkanes) is 9. The maximum atomic E-state index is 14.1. The lowest BCUT2D eigenvalue weighted by Gasteiger charge is -2.39. The molecule has 1 atom stereocenters. The van der Waals surface area contributed by atoms with Gasteiger partial charge in [0, 0.05) is 6.42 Å². The molecule has 0 spiro atoms. The second-order valence-electron chi connectivity index (χ2n) is 10.7. The first-order valence-electron chi connectivity index (χ1n) is 14.3. The third-order valence-electron chi connectivity index (χ3n) is 6.82. The molecule has 0 aliphatic heterocycles. The summed E-state index contributed by atoms with van der Waals surface area (Å²) in [5.41, 5.74) is 0. The molecule has 3 nitrogen and oxygen atoms in total. The average molecular weight is 750 g/mol. The minimum Gasteiger partial charge on any atom is -0.464 e. The van der Waals surface area contributed by atoms with Crippen molar-refractivity contribution in [1.82, 2.24) is 0 Å². The van der Waals surface area contributed by atoms with Gasteiger partial charge in [-0.15, -0.1) is 11.8 Å². The molecular formula is C27H36F13NO2S3. The topological polar surface area (TPSA) is 50.1 Å². The molecule has 0 aromatic carbocycles. The van der Waals surface area contributed by atoms with Gasteiger partial charge in [0.25, 0.3) is 0 Å². The summed E-state index contributed by atoms with van der Waals surface area (Å²) >= 11 is 7.05. The maximum Gasteiger partial charge on any atom is 0.460 e. The Bertz CT molecular complexity index is 1000. The minimum absolute atomic E-state index is 0.164. The van der Waals surface area contributed by atoms with E-state index in [-0.39, 0.29) is 16.4 Å². The molecule has 0 rings (SSSR count). The number of rotatable bonds is 22. The zero-order valence-corrected chi connectivity index (χ0v) is 27.5. The van der Waals surface area contributed by atoms with E-state index in [2.05, 4.69) is 11.7 Å². The maximum absolute atomic E-state index is 14.1. The Morgan fingerprint density at radius 1 is 0.717 bits per heavy atom. The Morgan fingerprint density at radius 2 is 1.17 bits per heavy atom. The number of nitriles is 1. The molecule has 0 N–H and O–H groups in total.